The first-order valence-electron chi connectivity index (χ1n) is 10.1. The summed E-state index contributed by atoms with van der Waals surface area (Å²) < 4.78 is 0. The van der Waals surface area contributed by atoms with E-state index in [9.17, 15) is 0 Å². The molecule has 0 radical (unpaired) electrons. The van der Waals surface area contributed by atoms with Gasteiger partial charge in [-0.05, 0) is 25.0 Å². The molecular formula is C21H38N2. The predicted octanol–water partition coefficient (Wildman–Crippen LogP) is 7.25. The highest BCUT2D eigenvalue weighted by Crippen LogP contribution is 2.14. The number of H-pyrrole nitrogens is 1. The fraction of sp³-hybridized carbons (Fsp3) is 0.762. The molecular weight excluding hydrogens is 280 g/mol. The van der Waals surface area contributed by atoms with Gasteiger partial charge in [0.2, 0.25) is 0 Å². The maximum atomic E-state index is 7.98. The molecule has 2 N–H and O–H groups in total. The minimum atomic E-state index is 0.758. The molecule has 0 aliphatic heterocycles. The molecule has 0 spiro atoms. The maximum Gasteiger partial charge on any atom is 0.0591 e. The Balaban J connectivity index is 1.76. The van der Waals surface area contributed by atoms with Crippen LogP contribution in [0.2, 0.25) is 0 Å². The van der Waals surface area contributed by atoms with Crippen LogP contribution in [0.1, 0.15) is 109 Å². The van der Waals surface area contributed by atoms with Crippen molar-refractivity contribution in [2.45, 2.75) is 103 Å². The molecule has 0 fully saturated rings. The molecule has 0 amide bonds. The monoisotopic (exact) mass is 318 g/mol. The zero-order valence-corrected chi connectivity index (χ0v) is 15.3. The molecule has 2 heteroatoms. The van der Waals surface area contributed by atoms with Crippen molar-refractivity contribution in [3.8, 4) is 0 Å². The number of aromatic nitrogens is 1. The average molecular weight is 319 g/mol. The van der Waals surface area contributed by atoms with Crippen LogP contribution in [0.15, 0.2) is 18.3 Å². The molecule has 0 saturated heterocycles. The van der Waals surface area contributed by atoms with Gasteiger partial charge in [-0.1, -0.05) is 90.4 Å². The molecule has 0 aromatic carbocycles. The fourth-order valence-electron chi connectivity index (χ4n) is 3.15. The lowest BCUT2D eigenvalue weighted by Gasteiger charge is -2.04. The number of hydrogen-bond acceptors (Lipinski definition) is 1. The molecule has 2 nitrogen and oxygen atoms in total. The molecule has 1 aromatic rings. The van der Waals surface area contributed by atoms with Crippen molar-refractivity contribution in [2.75, 3.05) is 0 Å². The van der Waals surface area contributed by atoms with E-state index < -0.39 is 0 Å². The minimum Gasteiger partial charge on any atom is -0.360 e. The maximum absolute atomic E-state index is 7.98. The van der Waals surface area contributed by atoms with Crippen LogP contribution in [0, 0.1) is 5.41 Å². The van der Waals surface area contributed by atoms with Crippen LogP contribution in [0.4, 0.5) is 0 Å². The van der Waals surface area contributed by atoms with Gasteiger partial charge in [0.15, 0.2) is 0 Å². The van der Waals surface area contributed by atoms with Crippen LogP contribution in [0.3, 0.4) is 0 Å². The van der Waals surface area contributed by atoms with E-state index in [4.69, 9.17) is 5.41 Å². The highest BCUT2D eigenvalue weighted by Gasteiger charge is 2.01. The van der Waals surface area contributed by atoms with Crippen molar-refractivity contribution in [2.24, 2.45) is 0 Å². The van der Waals surface area contributed by atoms with E-state index in [0.29, 0.717) is 0 Å². The Morgan fingerprint density at radius 3 is 1.70 bits per heavy atom. The van der Waals surface area contributed by atoms with Crippen molar-refractivity contribution < 1.29 is 0 Å². The van der Waals surface area contributed by atoms with Gasteiger partial charge in [-0.25, -0.2) is 0 Å². The molecule has 0 bridgehead atoms. The second kappa shape index (κ2) is 14.5. The normalized spacial score (nSPS) is 11.0. The van der Waals surface area contributed by atoms with Gasteiger partial charge in [0.1, 0.15) is 0 Å². The van der Waals surface area contributed by atoms with Gasteiger partial charge in [0, 0.05) is 6.20 Å². The summed E-state index contributed by atoms with van der Waals surface area (Å²) >= 11 is 0. The topological polar surface area (TPSA) is 39.6 Å². The molecule has 132 valence electrons. The van der Waals surface area contributed by atoms with Crippen LogP contribution in [-0.2, 0) is 0 Å². The number of nitrogens with one attached hydrogen (secondary N) is 2. The van der Waals surface area contributed by atoms with Crippen LogP contribution in [0.25, 0.3) is 0 Å². The van der Waals surface area contributed by atoms with Crippen molar-refractivity contribution >= 4 is 5.71 Å². The molecule has 0 atom stereocenters. The van der Waals surface area contributed by atoms with Gasteiger partial charge in [-0.3, -0.25) is 0 Å². The van der Waals surface area contributed by atoms with Crippen LogP contribution in [0.5, 0.6) is 0 Å². The first-order chi connectivity index (χ1) is 11.3. The Morgan fingerprint density at radius 2 is 1.26 bits per heavy atom. The number of aromatic amines is 1. The second-order valence-corrected chi connectivity index (χ2v) is 6.91. The van der Waals surface area contributed by atoms with Gasteiger partial charge in [0.05, 0.1) is 11.4 Å². The molecule has 0 saturated carbocycles. The summed E-state index contributed by atoms with van der Waals surface area (Å²) in [5.74, 6) is 0. The first-order valence-corrected chi connectivity index (χ1v) is 10.1. The smallest absolute Gasteiger partial charge is 0.0591 e. The van der Waals surface area contributed by atoms with E-state index in [-0.39, 0.29) is 0 Å². The van der Waals surface area contributed by atoms with Gasteiger partial charge in [-0.15, -0.1) is 0 Å². The third kappa shape index (κ3) is 11.2. The van der Waals surface area contributed by atoms with Crippen LogP contribution < -0.4 is 0 Å². The largest absolute Gasteiger partial charge is 0.360 e. The van der Waals surface area contributed by atoms with E-state index in [1.165, 1.54) is 83.5 Å². The van der Waals surface area contributed by atoms with Crippen LogP contribution >= 0.6 is 0 Å². The molecule has 1 aromatic heterocycles. The Kier molecular flexibility index (Phi) is 12.6. The van der Waals surface area contributed by atoms with Gasteiger partial charge < -0.3 is 10.4 Å². The number of hydrogen-bond donors (Lipinski definition) is 2. The molecule has 23 heavy (non-hydrogen) atoms. The fourth-order valence-corrected chi connectivity index (χ4v) is 3.15. The average Bonchev–Trinajstić information content (AvgIpc) is 3.09. The summed E-state index contributed by atoms with van der Waals surface area (Å²) in [5, 5.41) is 7.98. The standard InChI is InChI=1S/C21H38N2/c1-2-3-4-5-6-7-8-9-10-11-12-13-14-15-17-20(22)21-18-16-19-23-21/h16,18-19,22-23H,2-15,17H2,1H3. The molecule has 0 aliphatic carbocycles. The Bertz CT molecular complexity index is 367. The quantitative estimate of drug-likeness (QED) is 0.238. The van der Waals surface area contributed by atoms with Crippen molar-refractivity contribution in [1.29, 1.82) is 5.41 Å². The van der Waals surface area contributed by atoms with E-state index in [2.05, 4.69) is 11.9 Å². The molecule has 0 aliphatic rings. The summed E-state index contributed by atoms with van der Waals surface area (Å²) in [6.07, 6.45) is 22.3. The van der Waals surface area contributed by atoms with Crippen LogP contribution in [-0.4, -0.2) is 10.7 Å². The summed E-state index contributed by atoms with van der Waals surface area (Å²) in [6.45, 7) is 2.28. The molecule has 0 unspecified atom stereocenters. The van der Waals surface area contributed by atoms with Crippen molar-refractivity contribution in [3.05, 3.63) is 24.0 Å². The summed E-state index contributed by atoms with van der Waals surface area (Å²) in [7, 11) is 0. The lowest BCUT2D eigenvalue weighted by atomic mass is 10.0. The predicted molar refractivity (Wildman–Crippen MR) is 103 cm³/mol. The third-order valence-corrected chi connectivity index (χ3v) is 4.70. The lowest BCUT2D eigenvalue weighted by Crippen LogP contribution is -1.98. The summed E-state index contributed by atoms with van der Waals surface area (Å²) in [4.78, 5) is 3.11. The van der Waals surface area contributed by atoms with E-state index in [1.54, 1.807) is 0 Å². The minimum absolute atomic E-state index is 0.758. The first kappa shape index (κ1) is 20.0. The number of unbranched alkanes of at least 4 members (excludes halogenated alkanes) is 13. The zero-order valence-electron chi connectivity index (χ0n) is 15.3. The Labute approximate surface area is 144 Å². The summed E-state index contributed by atoms with van der Waals surface area (Å²) in [5.41, 5.74) is 1.74. The number of rotatable bonds is 16. The SMILES string of the molecule is CCCCCCCCCCCCCCCCC(=N)c1ccc[nH]1. The Morgan fingerprint density at radius 1 is 0.783 bits per heavy atom. The highest BCUT2D eigenvalue weighted by molar-refractivity contribution is 5.96. The highest BCUT2D eigenvalue weighted by atomic mass is 14.7. The third-order valence-electron chi connectivity index (χ3n) is 4.70. The van der Waals surface area contributed by atoms with Gasteiger partial charge >= 0.3 is 0 Å². The van der Waals surface area contributed by atoms with Crippen molar-refractivity contribution in [3.63, 3.8) is 0 Å². The van der Waals surface area contributed by atoms with E-state index in [1.807, 2.05) is 18.3 Å². The Hall–Kier alpha value is -1.05. The summed E-state index contributed by atoms with van der Waals surface area (Å²) in [6, 6.07) is 3.96. The van der Waals surface area contributed by atoms with Crippen molar-refractivity contribution in [1.82, 2.24) is 4.98 Å². The van der Waals surface area contributed by atoms with E-state index in [0.717, 1.165) is 24.2 Å². The molecule has 1 heterocycles. The zero-order chi connectivity index (χ0) is 16.6. The van der Waals surface area contributed by atoms with Gasteiger partial charge in [0.25, 0.3) is 0 Å². The second-order valence-electron chi connectivity index (χ2n) is 6.91. The van der Waals surface area contributed by atoms with Gasteiger partial charge in [-0.2, -0.15) is 0 Å². The molecule has 1 rings (SSSR count). The lowest BCUT2D eigenvalue weighted by molar-refractivity contribution is 0.537. The van der Waals surface area contributed by atoms with E-state index >= 15 is 0 Å².